The fourth-order valence-electron chi connectivity index (χ4n) is 2.54. The van der Waals surface area contributed by atoms with Gasteiger partial charge in [0.25, 0.3) is 0 Å². The van der Waals surface area contributed by atoms with Crippen molar-refractivity contribution in [1.82, 2.24) is 15.5 Å². The summed E-state index contributed by atoms with van der Waals surface area (Å²) in [4.78, 5) is 13.2. The van der Waals surface area contributed by atoms with E-state index in [1.807, 2.05) is 17.0 Å². The van der Waals surface area contributed by atoms with Crippen LogP contribution >= 0.6 is 0 Å². The Morgan fingerprint density at radius 1 is 1.19 bits per heavy atom. The maximum Gasteiger partial charge on any atom is 0.317 e. The molecule has 21 heavy (non-hydrogen) atoms. The molecule has 0 bridgehead atoms. The maximum atomic E-state index is 11.4. The molecule has 1 aromatic rings. The fraction of sp³-hybridized carbons (Fsp3) is 0.533. The van der Waals surface area contributed by atoms with Crippen LogP contribution in [0, 0.1) is 0 Å². The van der Waals surface area contributed by atoms with Gasteiger partial charge in [0.15, 0.2) is 11.5 Å². The minimum absolute atomic E-state index is 0.0450. The summed E-state index contributed by atoms with van der Waals surface area (Å²) in [7, 11) is 0. The molecule has 1 fully saturated rings. The molecule has 2 aliphatic rings. The van der Waals surface area contributed by atoms with E-state index in [1.165, 1.54) is 5.56 Å². The Bertz CT molecular complexity index is 507. The van der Waals surface area contributed by atoms with Crippen molar-refractivity contribution in [2.75, 3.05) is 45.9 Å². The number of ether oxygens (including phenoxy) is 2. The van der Waals surface area contributed by atoms with Crippen LogP contribution in [-0.4, -0.2) is 56.9 Å². The third-order valence-electron chi connectivity index (χ3n) is 3.70. The standard InChI is InChI=1S/C15H21N3O3/c19-15-17-6-8-18(15)7-5-16-4-3-12-1-2-13-14(11-12)21-10-9-20-13/h1-2,11,16H,3-10H2,(H,17,19). The molecule has 6 nitrogen and oxygen atoms in total. The minimum atomic E-state index is 0.0450. The highest BCUT2D eigenvalue weighted by atomic mass is 16.6. The monoisotopic (exact) mass is 291 g/mol. The number of carbonyl (C=O) groups is 1. The maximum absolute atomic E-state index is 11.4. The van der Waals surface area contributed by atoms with Crippen LogP contribution in [0.2, 0.25) is 0 Å². The molecule has 0 aromatic heterocycles. The molecule has 2 aliphatic heterocycles. The summed E-state index contributed by atoms with van der Waals surface area (Å²) in [6.07, 6.45) is 0.933. The molecular weight excluding hydrogens is 270 g/mol. The number of benzene rings is 1. The van der Waals surface area contributed by atoms with Crippen LogP contribution in [0.4, 0.5) is 4.79 Å². The minimum Gasteiger partial charge on any atom is -0.486 e. The Labute approximate surface area is 124 Å². The van der Waals surface area contributed by atoms with Crippen molar-refractivity contribution in [3.8, 4) is 11.5 Å². The van der Waals surface area contributed by atoms with Gasteiger partial charge in [0.05, 0.1) is 0 Å². The van der Waals surface area contributed by atoms with Crippen molar-refractivity contribution < 1.29 is 14.3 Å². The molecule has 114 valence electrons. The zero-order valence-electron chi connectivity index (χ0n) is 12.1. The Morgan fingerprint density at radius 2 is 2.05 bits per heavy atom. The number of fused-ring (bicyclic) bond motifs is 1. The molecule has 2 N–H and O–H groups in total. The lowest BCUT2D eigenvalue weighted by Crippen LogP contribution is -2.35. The van der Waals surface area contributed by atoms with Crippen molar-refractivity contribution >= 4 is 6.03 Å². The fourth-order valence-corrected chi connectivity index (χ4v) is 2.54. The zero-order chi connectivity index (χ0) is 14.5. The Hall–Kier alpha value is -1.95. The van der Waals surface area contributed by atoms with E-state index in [2.05, 4.69) is 16.7 Å². The van der Waals surface area contributed by atoms with Gasteiger partial charge < -0.3 is 25.0 Å². The van der Waals surface area contributed by atoms with Crippen LogP contribution in [0.3, 0.4) is 0 Å². The van der Waals surface area contributed by atoms with Crippen LogP contribution < -0.4 is 20.1 Å². The first-order valence-electron chi connectivity index (χ1n) is 7.45. The Morgan fingerprint density at radius 3 is 2.86 bits per heavy atom. The van der Waals surface area contributed by atoms with Crippen LogP contribution in [0.25, 0.3) is 0 Å². The summed E-state index contributed by atoms with van der Waals surface area (Å²) in [5.41, 5.74) is 1.23. The second kappa shape index (κ2) is 6.67. The number of urea groups is 1. The molecule has 0 saturated carbocycles. The van der Waals surface area contributed by atoms with Crippen LogP contribution in [0.15, 0.2) is 18.2 Å². The first-order valence-corrected chi connectivity index (χ1v) is 7.45. The lowest BCUT2D eigenvalue weighted by Gasteiger charge is -2.19. The van der Waals surface area contributed by atoms with Crippen molar-refractivity contribution in [2.24, 2.45) is 0 Å². The smallest absolute Gasteiger partial charge is 0.317 e. The van der Waals surface area contributed by atoms with Gasteiger partial charge in [-0.05, 0) is 30.7 Å². The van der Waals surface area contributed by atoms with Gasteiger partial charge in [0.1, 0.15) is 13.2 Å². The third-order valence-corrected chi connectivity index (χ3v) is 3.70. The highest BCUT2D eigenvalue weighted by molar-refractivity contribution is 5.76. The van der Waals surface area contributed by atoms with E-state index in [0.29, 0.717) is 13.2 Å². The number of hydrogen-bond acceptors (Lipinski definition) is 4. The highest BCUT2D eigenvalue weighted by Crippen LogP contribution is 2.30. The van der Waals surface area contributed by atoms with Crippen molar-refractivity contribution in [1.29, 1.82) is 0 Å². The summed E-state index contributed by atoms with van der Waals surface area (Å²) in [5, 5.41) is 6.17. The first-order chi connectivity index (χ1) is 10.3. The molecule has 2 amide bonds. The summed E-state index contributed by atoms with van der Waals surface area (Å²) in [5.74, 6) is 1.67. The average molecular weight is 291 g/mol. The molecular formula is C15H21N3O3. The number of carbonyl (C=O) groups excluding carboxylic acids is 1. The third kappa shape index (κ3) is 3.58. The van der Waals surface area contributed by atoms with E-state index in [1.54, 1.807) is 0 Å². The summed E-state index contributed by atoms with van der Waals surface area (Å²) in [6, 6.07) is 6.13. The van der Waals surface area contributed by atoms with Crippen LogP contribution in [0.1, 0.15) is 5.56 Å². The predicted molar refractivity (Wildman–Crippen MR) is 79.0 cm³/mol. The van der Waals surface area contributed by atoms with Crippen LogP contribution in [0.5, 0.6) is 11.5 Å². The van der Waals surface area contributed by atoms with Crippen LogP contribution in [-0.2, 0) is 6.42 Å². The summed E-state index contributed by atoms with van der Waals surface area (Å²) in [6.45, 7) is 5.27. The number of amides is 2. The molecule has 3 rings (SSSR count). The molecule has 1 aromatic carbocycles. The quantitative estimate of drug-likeness (QED) is 0.754. The van der Waals surface area contributed by atoms with Gasteiger partial charge in [-0.3, -0.25) is 0 Å². The molecule has 0 spiro atoms. The molecule has 0 unspecified atom stereocenters. The molecule has 0 radical (unpaired) electrons. The molecule has 0 atom stereocenters. The van der Waals surface area contributed by atoms with Gasteiger partial charge in [-0.2, -0.15) is 0 Å². The van der Waals surface area contributed by atoms with E-state index in [-0.39, 0.29) is 6.03 Å². The van der Waals surface area contributed by atoms with E-state index < -0.39 is 0 Å². The van der Waals surface area contributed by atoms with E-state index in [0.717, 1.165) is 50.6 Å². The Kier molecular flexibility index (Phi) is 4.45. The number of nitrogens with one attached hydrogen (secondary N) is 2. The van der Waals surface area contributed by atoms with Gasteiger partial charge in [0.2, 0.25) is 0 Å². The van der Waals surface area contributed by atoms with Gasteiger partial charge in [0, 0.05) is 26.2 Å². The molecule has 0 aliphatic carbocycles. The topological polar surface area (TPSA) is 62.8 Å². The number of rotatable bonds is 6. The van der Waals surface area contributed by atoms with E-state index in [9.17, 15) is 4.79 Å². The zero-order valence-corrected chi connectivity index (χ0v) is 12.1. The van der Waals surface area contributed by atoms with E-state index in [4.69, 9.17) is 9.47 Å². The number of nitrogens with zero attached hydrogens (tertiary/aromatic N) is 1. The normalized spacial score (nSPS) is 17.0. The largest absolute Gasteiger partial charge is 0.486 e. The Balaban J connectivity index is 1.38. The lowest BCUT2D eigenvalue weighted by atomic mass is 10.1. The lowest BCUT2D eigenvalue weighted by molar-refractivity contribution is 0.171. The first kappa shape index (κ1) is 14.0. The second-order valence-electron chi connectivity index (χ2n) is 5.20. The van der Waals surface area contributed by atoms with Gasteiger partial charge in [-0.25, -0.2) is 4.79 Å². The summed E-state index contributed by atoms with van der Waals surface area (Å²) < 4.78 is 11.1. The van der Waals surface area contributed by atoms with Crippen molar-refractivity contribution in [2.45, 2.75) is 6.42 Å². The van der Waals surface area contributed by atoms with Crippen molar-refractivity contribution in [3.63, 3.8) is 0 Å². The predicted octanol–water partition coefficient (Wildman–Crippen LogP) is 0.615. The van der Waals surface area contributed by atoms with Gasteiger partial charge in [-0.1, -0.05) is 6.07 Å². The van der Waals surface area contributed by atoms with Crippen molar-refractivity contribution in [3.05, 3.63) is 23.8 Å². The molecule has 2 heterocycles. The van der Waals surface area contributed by atoms with Gasteiger partial charge in [-0.15, -0.1) is 0 Å². The summed E-state index contributed by atoms with van der Waals surface area (Å²) >= 11 is 0. The molecule has 6 heteroatoms. The molecule has 1 saturated heterocycles. The second-order valence-corrected chi connectivity index (χ2v) is 5.20. The SMILES string of the molecule is O=C1NCCN1CCNCCc1ccc2c(c1)OCCO2. The van der Waals surface area contributed by atoms with Gasteiger partial charge >= 0.3 is 6.03 Å². The number of hydrogen-bond donors (Lipinski definition) is 2. The highest BCUT2D eigenvalue weighted by Gasteiger charge is 2.18. The van der Waals surface area contributed by atoms with E-state index >= 15 is 0 Å². The average Bonchev–Trinajstić information content (AvgIpc) is 2.92.